The number of carbonyl (C=O) groups is 2. The summed E-state index contributed by atoms with van der Waals surface area (Å²) in [5.41, 5.74) is 3.25. The standard InChI is InChI=1S/C22H17FN4O2S/c1-13-11-15(14(2)26(13)16-7-9-24-10-8-16)12-17-20(28)25-22(30)27(21(17)29)19-6-4-3-5-18(19)23/h3-12H,1-2H3,(H,25,28,30). The summed E-state index contributed by atoms with van der Waals surface area (Å²) in [7, 11) is 0. The number of pyridine rings is 1. The highest BCUT2D eigenvalue weighted by atomic mass is 32.1. The lowest BCUT2D eigenvalue weighted by Gasteiger charge is -2.29. The molecule has 1 N–H and O–H groups in total. The van der Waals surface area contributed by atoms with Crippen molar-refractivity contribution in [2.45, 2.75) is 13.8 Å². The first-order valence-electron chi connectivity index (χ1n) is 9.14. The minimum Gasteiger partial charge on any atom is -0.318 e. The zero-order valence-corrected chi connectivity index (χ0v) is 17.0. The summed E-state index contributed by atoms with van der Waals surface area (Å²) in [5, 5.41) is 2.32. The molecular formula is C22H17FN4O2S. The molecule has 3 aromatic rings. The Bertz CT molecular complexity index is 1220. The Morgan fingerprint density at radius 2 is 1.80 bits per heavy atom. The van der Waals surface area contributed by atoms with Crippen LogP contribution in [0.4, 0.5) is 10.1 Å². The van der Waals surface area contributed by atoms with Crippen molar-refractivity contribution in [2.24, 2.45) is 0 Å². The van der Waals surface area contributed by atoms with Gasteiger partial charge in [0.2, 0.25) is 0 Å². The second-order valence-electron chi connectivity index (χ2n) is 6.78. The molecule has 2 amide bonds. The lowest BCUT2D eigenvalue weighted by Crippen LogP contribution is -2.54. The largest absolute Gasteiger partial charge is 0.318 e. The van der Waals surface area contributed by atoms with Crippen LogP contribution in [0.3, 0.4) is 0 Å². The molecule has 1 aliphatic rings. The van der Waals surface area contributed by atoms with Crippen LogP contribution in [-0.4, -0.2) is 26.5 Å². The highest BCUT2D eigenvalue weighted by molar-refractivity contribution is 7.80. The summed E-state index contributed by atoms with van der Waals surface area (Å²) in [6.07, 6.45) is 4.89. The Hall–Kier alpha value is -3.65. The summed E-state index contributed by atoms with van der Waals surface area (Å²) in [6, 6.07) is 11.4. The van der Waals surface area contributed by atoms with Gasteiger partial charge in [-0.3, -0.25) is 19.9 Å². The van der Waals surface area contributed by atoms with Gasteiger partial charge in [-0.1, -0.05) is 12.1 Å². The summed E-state index contributed by atoms with van der Waals surface area (Å²) >= 11 is 5.12. The van der Waals surface area contributed by atoms with Crippen molar-refractivity contribution in [3.8, 4) is 5.69 Å². The molecule has 0 spiro atoms. The highest BCUT2D eigenvalue weighted by Gasteiger charge is 2.35. The molecule has 2 aromatic heterocycles. The fourth-order valence-electron chi connectivity index (χ4n) is 3.49. The molecule has 6 nitrogen and oxygen atoms in total. The number of carbonyl (C=O) groups excluding carboxylic acids is 2. The molecule has 1 fully saturated rings. The molecule has 0 bridgehead atoms. The molecule has 1 aliphatic heterocycles. The predicted molar refractivity (Wildman–Crippen MR) is 116 cm³/mol. The van der Waals surface area contributed by atoms with Crippen molar-refractivity contribution < 1.29 is 14.0 Å². The van der Waals surface area contributed by atoms with Crippen molar-refractivity contribution >= 4 is 40.9 Å². The zero-order chi connectivity index (χ0) is 21.4. The van der Waals surface area contributed by atoms with Crippen LogP contribution in [0.5, 0.6) is 0 Å². The molecule has 0 radical (unpaired) electrons. The number of nitrogens with zero attached hydrogens (tertiary/aromatic N) is 3. The molecule has 0 saturated carbocycles. The molecule has 0 aliphatic carbocycles. The third-order valence-electron chi connectivity index (χ3n) is 4.89. The number of hydrogen-bond acceptors (Lipinski definition) is 4. The smallest absolute Gasteiger partial charge is 0.270 e. The Morgan fingerprint density at radius 1 is 1.10 bits per heavy atom. The van der Waals surface area contributed by atoms with Crippen molar-refractivity contribution in [1.29, 1.82) is 0 Å². The topological polar surface area (TPSA) is 67.2 Å². The number of hydrogen-bond donors (Lipinski definition) is 1. The van der Waals surface area contributed by atoms with Gasteiger partial charge in [-0.2, -0.15) is 0 Å². The quantitative estimate of drug-likeness (QED) is 0.400. The summed E-state index contributed by atoms with van der Waals surface area (Å²) in [4.78, 5) is 30.7. The number of amides is 2. The molecule has 30 heavy (non-hydrogen) atoms. The van der Waals surface area contributed by atoms with Crippen LogP contribution in [0, 0.1) is 19.7 Å². The molecular weight excluding hydrogens is 403 g/mol. The van der Waals surface area contributed by atoms with E-state index in [1.54, 1.807) is 18.5 Å². The molecule has 0 atom stereocenters. The first-order valence-corrected chi connectivity index (χ1v) is 9.54. The average Bonchev–Trinajstić information content (AvgIpc) is 3.00. The van der Waals surface area contributed by atoms with Gasteiger partial charge in [-0.15, -0.1) is 0 Å². The van der Waals surface area contributed by atoms with Gasteiger partial charge in [-0.05, 0) is 68.0 Å². The van der Waals surface area contributed by atoms with Crippen molar-refractivity contribution in [3.05, 3.63) is 83.2 Å². The fraction of sp³-hybridized carbons (Fsp3) is 0.0909. The number of thiocarbonyl (C=S) groups is 1. The second-order valence-corrected chi connectivity index (χ2v) is 7.16. The average molecular weight is 420 g/mol. The van der Waals surface area contributed by atoms with E-state index in [0.29, 0.717) is 5.56 Å². The Balaban J connectivity index is 1.78. The molecule has 3 heterocycles. The number of benzene rings is 1. The van der Waals surface area contributed by atoms with Crippen molar-refractivity contribution in [3.63, 3.8) is 0 Å². The number of halogens is 1. The molecule has 150 valence electrons. The maximum atomic E-state index is 14.3. The maximum Gasteiger partial charge on any atom is 0.270 e. The van der Waals surface area contributed by atoms with E-state index in [1.807, 2.05) is 36.6 Å². The Labute approximate surface area is 177 Å². The number of anilines is 1. The normalized spacial score (nSPS) is 15.6. The lowest BCUT2D eigenvalue weighted by atomic mass is 10.1. The van der Waals surface area contributed by atoms with E-state index in [4.69, 9.17) is 12.2 Å². The van der Waals surface area contributed by atoms with Crippen LogP contribution in [0.15, 0.2) is 60.4 Å². The number of para-hydroxylation sites is 1. The van der Waals surface area contributed by atoms with Crippen LogP contribution in [0.2, 0.25) is 0 Å². The van der Waals surface area contributed by atoms with E-state index in [-0.39, 0.29) is 16.4 Å². The van der Waals surface area contributed by atoms with Crippen LogP contribution in [-0.2, 0) is 9.59 Å². The SMILES string of the molecule is Cc1cc(C=C2C(=O)NC(=S)N(c3ccccc3F)C2=O)c(C)n1-c1ccncc1. The third-order valence-corrected chi connectivity index (χ3v) is 5.17. The summed E-state index contributed by atoms with van der Waals surface area (Å²) in [6.45, 7) is 3.82. The van der Waals surface area contributed by atoms with E-state index in [0.717, 1.165) is 22.0 Å². The Kier molecular flexibility index (Phi) is 5.01. The van der Waals surface area contributed by atoms with Crippen molar-refractivity contribution in [1.82, 2.24) is 14.9 Å². The van der Waals surface area contributed by atoms with Crippen molar-refractivity contribution in [2.75, 3.05) is 4.90 Å². The predicted octanol–water partition coefficient (Wildman–Crippen LogP) is 3.46. The number of rotatable bonds is 3. The number of aryl methyl sites for hydroxylation is 1. The van der Waals surface area contributed by atoms with Gasteiger partial charge in [0.1, 0.15) is 11.4 Å². The van der Waals surface area contributed by atoms with Gasteiger partial charge in [0.05, 0.1) is 5.69 Å². The number of nitrogens with one attached hydrogen (secondary N) is 1. The minimum absolute atomic E-state index is 0.0133. The second kappa shape index (κ2) is 7.64. The van der Waals surface area contributed by atoms with Gasteiger partial charge in [0.15, 0.2) is 5.11 Å². The molecule has 1 saturated heterocycles. The molecule has 1 aromatic carbocycles. The monoisotopic (exact) mass is 420 g/mol. The first-order chi connectivity index (χ1) is 14.4. The summed E-state index contributed by atoms with van der Waals surface area (Å²) < 4.78 is 16.3. The van der Waals surface area contributed by atoms with Gasteiger partial charge in [0.25, 0.3) is 11.8 Å². The van der Waals surface area contributed by atoms with E-state index < -0.39 is 17.6 Å². The number of aromatic nitrogens is 2. The van der Waals surface area contributed by atoms with E-state index in [1.165, 1.54) is 24.3 Å². The molecule has 8 heteroatoms. The summed E-state index contributed by atoms with van der Waals surface area (Å²) in [5.74, 6) is -1.91. The van der Waals surface area contributed by atoms with Gasteiger partial charge >= 0.3 is 0 Å². The first kappa shape index (κ1) is 19.7. The third kappa shape index (κ3) is 3.31. The van der Waals surface area contributed by atoms with Gasteiger partial charge < -0.3 is 4.57 Å². The lowest BCUT2D eigenvalue weighted by molar-refractivity contribution is -0.122. The van der Waals surface area contributed by atoms with Crippen LogP contribution in [0.1, 0.15) is 17.0 Å². The Morgan fingerprint density at radius 3 is 2.50 bits per heavy atom. The molecule has 0 unspecified atom stereocenters. The highest BCUT2D eigenvalue weighted by Crippen LogP contribution is 2.27. The van der Waals surface area contributed by atoms with Crippen LogP contribution >= 0.6 is 12.2 Å². The zero-order valence-electron chi connectivity index (χ0n) is 16.2. The fourth-order valence-corrected chi connectivity index (χ4v) is 3.76. The van der Waals surface area contributed by atoms with E-state index >= 15 is 0 Å². The van der Waals surface area contributed by atoms with E-state index in [9.17, 15) is 14.0 Å². The van der Waals surface area contributed by atoms with Gasteiger partial charge in [-0.25, -0.2) is 9.29 Å². The maximum absolute atomic E-state index is 14.3. The van der Waals surface area contributed by atoms with E-state index in [2.05, 4.69) is 10.3 Å². The minimum atomic E-state index is -0.678. The van der Waals surface area contributed by atoms with Crippen LogP contribution < -0.4 is 10.2 Å². The molecule has 4 rings (SSSR count). The van der Waals surface area contributed by atoms with Gasteiger partial charge in [0, 0.05) is 29.5 Å². The van der Waals surface area contributed by atoms with Crippen LogP contribution in [0.25, 0.3) is 11.8 Å².